The third kappa shape index (κ3) is 3.83. The van der Waals surface area contributed by atoms with Crippen LogP contribution in [0.3, 0.4) is 0 Å². The van der Waals surface area contributed by atoms with Crippen LogP contribution in [0.1, 0.15) is 79.6 Å². The molecule has 2 aliphatic rings. The van der Waals surface area contributed by atoms with E-state index in [9.17, 15) is 5.11 Å². The van der Waals surface area contributed by atoms with Crippen LogP contribution >= 0.6 is 0 Å². The quantitative estimate of drug-likeness (QED) is 0.677. The summed E-state index contributed by atoms with van der Waals surface area (Å²) in [6, 6.07) is 0. The second-order valence-electron chi connectivity index (χ2n) is 8.03. The Morgan fingerprint density at radius 1 is 1.14 bits per heavy atom. The fourth-order valence-corrected chi connectivity index (χ4v) is 3.81. The predicted molar refractivity (Wildman–Crippen MR) is 92.9 cm³/mol. The van der Waals surface area contributed by atoms with Crippen LogP contribution in [0.4, 0.5) is 0 Å². The molecule has 0 aliphatic carbocycles. The average molecular weight is 306 g/mol. The van der Waals surface area contributed by atoms with Crippen molar-refractivity contribution in [3.05, 3.63) is 23.3 Å². The number of ether oxygens (including phenoxy) is 1. The van der Waals surface area contributed by atoms with E-state index < -0.39 is 0 Å². The van der Waals surface area contributed by atoms with E-state index in [1.54, 1.807) is 0 Å². The summed E-state index contributed by atoms with van der Waals surface area (Å²) in [5.74, 6) is 0.468. The van der Waals surface area contributed by atoms with Crippen molar-refractivity contribution in [1.82, 2.24) is 0 Å². The zero-order valence-corrected chi connectivity index (χ0v) is 15.1. The monoisotopic (exact) mass is 306 g/mol. The lowest BCUT2D eigenvalue weighted by Crippen LogP contribution is -2.44. The van der Waals surface area contributed by atoms with Crippen molar-refractivity contribution >= 4 is 0 Å². The summed E-state index contributed by atoms with van der Waals surface area (Å²) in [6.45, 7) is 11.0. The van der Waals surface area contributed by atoms with E-state index in [1.165, 1.54) is 11.1 Å². The van der Waals surface area contributed by atoms with Crippen molar-refractivity contribution in [2.75, 3.05) is 0 Å². The number of hydrogen-bond donors (Lipinski definition) is 1. The Balaban J connectivity index is 2.27. The normalized spacial score (nSPS) is 42.6. The van der Waals surface area contributed by atoms with E-state index in [0.29, 0.717) is 5.92 Å². The summed E-state index contributed by atoms with van der Waals surface area (Å²) in [7, 11) is 0. The smallest absolute Gasteiger partial charge is 0.0921 e. The molecule has 0 aromatic heterocycles. The Morgan fingerprint density at radius 3 is 2.50 bits per heavy atom. The summed E-state index contributed by atoms with van der Waals surface area (Å²) in [4.78, 5) is 0. The molecule has 0 spiro atoms. The second kappa shape index (κ2) is 6.88. The van der Waals surface area contributed by atoms with E-state index in [-0.39, 0.29) is 17.3 Å². The van der Waals surface area contributed by atoms with Crippen LogP contribution in [0.25, 0.3) is 0 Å². The lowest BCUT2D eigenvalue weighted by Gasteiger charge is -2.38. The van der Waals surface area contributed by atoms with E-state index in [2.05, 4.69) is 46.8 Å². The third-order valence-electron chi connectivity index (χ3n) is 5.88. The van der Waals surface area contributed by atoms with Gasteiger partial charge in [0.15, 0.2) is 0 Å². The van der Waals surface area contributed by atoms with Crippen molar-refractivity contribution in [2.45, 2.75) is 96.9 Å². The van der Waals surface area contributed by atoms with E-state index in [4.69, 9.17) is 4.74 Å². The summed E-state index contributed by atoms with van der Waals surface area (Å²) < 4.78 is 6.59. The molecule has 2 rings (SSSR count). The third-order valence-corrected chi connectivity index (χ3v) is 5.88. The Bertz CT molecular complexity index is 449. The second-order valence-corrected chi connectivity index (χ2v) is 8.03. The van der Waals surface area contributed by atoms with Crippen LogP contribution < -0.4 is 0 Å². The molecule has 0 amide bonds. The molecule has 2 nitrogen and oxygen atoms in total. The van der Waals surface area contributed by atoms with Crippen LogP contribution in [0.2, 0.25) is 0 Å². The predicted octanol–water partition coefficient (Wildman–Crippen LogP) is 5.17. The molecule has 2 bridgehead atoms. The zero-order chi connectivity index (χ0) is 16.4. The summed E-state index contributed by atoms with van der Waals surface area (Å²) in [5, 5.41) is 10.7. The van der Waals surface area contributed by atoms with Gasteiger partial charge in [-0.15, -0.1) is 0 Å². The molecule has 1 N–H and O–H groups in total. The minimum absolute atomic E-state index is 0.104. The van der Waals surface area contributed by atoms with Crippen LogP contribution in [0.15, 0.2) is 23.3 Å². The van der Waals surface area contributed by atoms with Gasteiger partial charge in [0.2, 0.25) is 0 Å². The molecule has 0 aromatic carbocycles. The Labute approximate surface area is 136 Å². The van der Waals surface area contributed by atoms with Crippen molar-refractivity contribution in [2.24, 2.45) is 5.92 Å². The molecular weight excluding hydrogens is 272 g/mol. The first-order valence-electron chi connectivity index (χ1n) is 8.97. The first-order chi connectivity index (χ1) is 10.3. The Morgan fingerprint density at radius 2 is 1.82 bits per heavy atom. The minimum Gasteiger partial charge on any atom is -0.390 e. The molecular formula is C20H34O2. The first-order valence-corrected chi connectivity index (χ1v) is 8.97. The largest absolute Gasteiger partial charge is 0.390 e. The van der Waals surface area contributed by atoms with Gasteiger partial charge in [0, 0.05) is 0 Å². The van der Waals surface area contributed by atoms with Gasteiger partial charge in [0.05, 0.1) is 17.3 Å². The number of aliphatic hydroxyl groups excluding tert-OH is 1. The SMILES string of the molecule is C/C1=C/C[C@@]2(C(C)C)CC[C@@](C)(O2)[C@H](O)CC/C(C)=C\CC1. The van der Waals surface area contributed by atoms with Crippen LogP contribution in [0.5, 0.6) is 0 Å². The lowest BCUT2D eigenvalue weighted by atomic mass is 9.82. The summed E-state index contributed by atoms with van der Waals surface area (Å²) in [5.41, 5.74) is 2.36. The number of allylic oxidation sites excluding steroid dienone is 3. The molecule has 2 heterocycles. The highest BCUT2D eigenvalue weighted by atomic mass is 16.5. The first kappa shape index (κ1) is 17.7. The van der Waals surface area contributed by atoms with Gasteiger partial charge < -0.3 is 9.84 Å². The van der Waals surface area contributed by atoms with Gasteiger partial charge in [0.1, 0.15) is 0 Å². The average Bonchev–Trinajstić information content (AvgIpc) is 2.82. The molecule has 3 atom stereocenters. The zero-order valence-electron chi connectivity index (χ0n) is 15.1. The molecule has 2 aliphatic heterocycles. The molecule has 126 valence electrons. The van der Waals surface area contributed by atoms with Gasteiger partial charge >= 0.3 is 0 Å². The van der Waals surface area contributed by atoms with Crippen LogP contribution in [0, 0.1) is 5.92 Å². The maximum Gasteiger partial charge on any atom is 0.0921 e. The fourth-order valence-electron chi connectivity index (χ4n) is 3.81. The number of fused-ring (bicyclic) bond motifs is 2. The Hall–Kier alpha value is -0.600. The maximum atomic E-state index is 10.7. The maximum absolute atomic E-state index is 10.7. The standard InChI is InChI=1S/C20H34O2/c1-15(2)20-12-11-17(4)8-6-7-16(3)9-10-18(21)19(5,22-20)13-14-20/h7,11,15,18,21H,6,8-10,12-14H2,1-5H3/b16-7-,17-11-/t18-,19-,20+/m1/s1. The highest BCUT2D eigenvalue weighted by Gasteiger charge is 2.50. The van der Waals surface area contributed by atoms with E-state index >= 15 is 0 Å². The summed E-state index contributed by atoms with van der Waals surface area (Å²) >= 11 is 0. The van der Waals surface area contributed by atoms with Gasteiger partial charge in [0.25, 0.3) is 0 Å². The molecule has 0 unspecified atom stereocenters. The number of rotatable bonds is 1. The molecule has 0 radical (unpaired) electrons. The van der Waals surface area contributed by atoms with Crippen molar-refractivity contribution in [1.29, 1.82) is 0 Å². The molecule has 0 aromatic rings. The molecule has 0 saturated carbocycles. The van der Waals surface area contributed by atoms with E-state index in [1.807, 2.05) is 0 Å². The van der Waals surface area contributed by atoms with Gasteiger partial charge in [-0.05, 0) is 71.6 Å². The topological polar surface area (TPSA) is 29.5 Å². The van der Waals surface area contributed by atoms with Crippen molar-refractivity contribution in [3.8, 4) is 0 Å². The number of hydrogen-bond acceptors (Lipinski definition) is 2. The molecule has 1 saturated heterocycles. The fraction of sp³-hybridized carbons (Fsp3) is 0.800. The highest BCUT2D eigenvalue weighted by Crippen LogP contribution is 2.47. The van der Waals surface area contributed by atoms with Crippen LogP contribution in [-0.4, -0.2) is 22.4 Å². The van der Waals surface area contributed by atoms with Gasteiger partial charge in [-0.2, -0.15) is 0 Å². The van der Waals surface area contributed by atoms with Gasteiger partial charge in [-0.1, -0.05) is 37.1 Å². The minimum atomic E-state index is -0.389. The molecule has 2 heteroatoms. The van der Waals surface area contributed by atoms with Gasteiger partial charge in [-0.25, -0.2) is 0 Å². The van der Waals surface area contributed by atoms with Crippen molar-refractivity contribution in [3.63, 3.8) is 0 Å². The lowest BCUT2D eigenvalue weighted by molar-refractivity contribution is -0.162. The van der Waals surface area contributed by atoms with Gasteiger partial charge in [-0.3, -0.25) is 0 Å². The van der Waals surface area contributed by atoms with E-state index in [0.717, 1.165) is 44.9 Å². The number of aliphatic hydroxyl groups is 1. The summed E-state index contributed by atoms with van der Waals surface area (Å²) in [6.07, 6.45) is 11.3. The highest BCUT2D eigenvalue weighted by molar-refractivity contribution is 5.10. The molecule has 1 fully saturated rings. The van der Waals surface area contributed by atoms with Crippen molar-refractivity contribution < 1.29 is 9.84 Å². The molecule has 22 heavy (non-hydrogen) atoms. The Kier molecular flexibility index (Phi) is 5.55. The van der Waals surface area contributed by atoms with Crippen LogP contribution in [-0.2, 0) is 4.74 Å².